The third-order valence-corrected chi connectivity index (χ3v) is 2.79. The van der Waals surface area contributed by atoms with Gasteiger partial charge in [-0.2, -0.15) is 8.78 Å². The molecule has 24 heavy (non-hydrogen) atoms. The van der Waals surface area contributed by atoms with Crippen molar-refractivity contribution in [3.8, 4) is 5.75 Å². The normalized spacial score (nSPS) is 12.3. The zero-order chi connectivity index (χ0) is 18.5. The van der Waals surface area contributed by atoms with Gasteiger partial charge in [0.1, 0.15) is 5.75 Å². The molecule has 0 bridgehead atoms. The maximum Gasteiger partial charge on any atom is 0.346 e. The number of hydrogen-bond donors (Lipinski definition) is 3. The van der Waals surface area contributed by atoms with Crippen LogP contribution >= 0.6 is 0 Å². The van der Waals surface area contributed by atoms with Crippen LogP contribution in [0, 0.1) is 10.1 Å². The number of carbonyl (C=O) groups excluding carboxylic acids is 1. The molecule has 11 heteroatoms. The van der Waals surface area contributed by atoms with Gasteiger partial charge in [-0.25, -0.2) is 8.78 Å². The van der Waals surface area contributed by atoms with Crippen molar-refractivity contribution < 1.29 is 37.5 Å². The van der Waals surface area contributed by atoms with Crippen LogP contribution < -0.4 is 5.32 Å². The fraction of sp³-hybridized carbons (Fsp3) is 0.308. The second-order valence-corrected chi connectivity index (χ2v) is 4.45. The van der Waals surface area contributed by atoms with Crippen LogP contribution in [0.5, 0.6) is 5.75 Å². The Morgan fingerprint density at radius 1 is 1.42 bits per heavy atom. The zero-order valence-electron chi connectivity index (χ0n) is 11.9. The van der Waals surface area contributed by atoms with Gasteiger partial charge in [-0.15, -0.1) is 0 Å². The number of halogens is 4. The molecule has 0 saturated carbocycles. The van der Waals surface area contributed by atoms with Crippen LogP contribution in [0.3, 0.4) is 0 Å². The lowest BCUT2D eigenvalue weighted by molar-refractivity contribution is -0.384. The van der Waals surface area contributed by atoms with E-state index in [2.05, 4.69) is 0 Å². The summed E-state index contributed by atoms with van der Waals surface area (Å²) in [5, 5.41) is 30.5. The summed E-state index contributed by atoms with van der Waals surface area (Å²) in [6, 6.07) is 2.29. The molecule has 132 valence electrons. The van der Waals surface area contributed by atoms with Crippen molar-refractivity contribution in [2.75, 3.05) is 13.2 Å². The lowest BCUT2D eigenvalue weighted by Crippen LogP contribution is -2.38. The molecule has 0 amide bonds. The molecule has 0 saturated heterocycles. The van der Waals surface area contributed by atoms with E-state index >= 15 is 0 Å². The second kappa shape index (κ2) is 7.73. The molecule has 0 spiro atoms. The van der Waals surface area contributed by atoms with Crippen LogP contribution in [-0.4, -0.2) is 46.4 Å². The number of non-ortho nitro benzene ring substituents is 1. The zero-order valence-corrected chi connectivity index (χ0v) is 11.9. The van der Waals surface area contributed by atoms with Crippen molar-refractivity contribution in [1.29, 1.82) is 0 Å². The number of carbonyl (C=O) groups is 1. The summed E-state index contributed by atoms with van der Waals surface area (Å²) in [7, 11) is 0. The number of nitrogens with one attached hydrogen (secondary N) is 1. The van der Waals surface area contributed by atoms with Crippen molar-refractivity contribution in [2.45, 2.75) is 12.3 Å². The number of phenols is 1. The molecule has 7 nitrogen and oxygen atoms in total. The molecular weight excluding hydrogens is 340 g/mol. The Bertz CT molecular complexity index is 664. The fourth-order valence-electron chi connectivity index (χ4n) is 1.62. The Morgan fingerprint density at radius 3 is 2.54 bits per heavy atom. The first kappa shape index (κ1) is 19.4. The average molecular weight is 352 g/mol. The van der Waals surface area contributed by atoms with Gasteiger partial charge in [0.2, 0.25) is 0 Å². The van der Waals surface area contributed by atoms with E-state index in [1.54, 1.807) is 5.32 Å². The van der Waals surface area contributed by atoms with Crippen LogP contribution in [0.4, 0.5) is 23.2 Å². The van der Waals surface area contributed by atoms with Crippen LogP contribution in [-0.2, 0) is 0 Å². The lowest BCUT2D eigenvalue weighted by Gasteiger charge is -2.20. The number of allylic oxidation sites excluding steroid dienone is 2. The van der Waals surface area contributed by atoms with E-state index in [4.69, 9.17) is 5.11 Å². The summed E-state index contributed by atoms with van der Waals surface area (Å²) in [5.74, 6) is -6.82. The molecule has 0 heterocycles. The Labute approximate surface area is 132 Å². The van der Waals surface area contributed by atoms with Crippen molar-refractivity contribution in [2.24, 2.45) is 0 Å². The van der Waals surface area contributed by atoms with Gasteiger partial charge in [0.05, 0.1) is 22.8 Å². The number of rotatable bonds is 8. The molecule has 0 unspecified atom stereocenters. The number of nitrogens with zero attached hydrogens (tertiary/aromatic N) is 1. The van der Waals surface area contributed by atoms with Gasteiger partial charge in [-0.1, -0.05) is 0 Å². The molecule has 0 fully saturated rings. The number of aromatic hydroxyl groups is 1. The summed E-state index contributed by atoms with van der Waals surface area (Å²) in [6.07, 6.45) is -4.04. The van der Waals surface area contributed by atoms with Gasteiger partial charge >= 0.3 is 12.3 Å². The minimum Gasteiger partial charge on any atom is -0.507 e. The monoisotopic (exact) mass is 352 g/mol. The predicted octanol–water partition coefficient (Wildman–Crippen LogP) is 1.85. The van der Waals surface area contributed by atoms with Crippen LogP contribution in [0.1, 0.15) is 10.4 Å². The number of aliphatic hydroxyl groups is 1. The van der Waals surface area contributed by atoms with Crippen molar-refractivity contribution >= 4 is 11.5 Å². The summed E-state index contributed by atoms with van der Waals surface area (Å²) in [5.41, 5.74) is -2.80. The molecule has 0 aliphatic carbocycles. The van der Waals surface area contributed by atoms with E-state index in [1.165, 1.54) is 0 Å². The van der Waals surface area contributed by atoms with E-state index in [0.29, 0.717) is 6.07 Å². The molecule has 3 N–H and O–H groups in total. The van der Waals surface area contributed by atoms with Gasteiger partial charge in [0, 0.05) is 24.8 Å². The van der Waals surface area contributed by atoms with E-state index in [9.17, 15) is 37.6 Å². The lowest BCUT2D eigenvalue weighted by atomic mass is 10.1. The van der Waals surface area contributed by atoms with E-state index in [1.807, 2.05) is 0 Å². The largest absolute Gasteiger partial charge is 0.507 e. The Hall–Kier alpha value is -2.69. The summed E-state index contributed by atoms with van der Waals surface area (Å²) in [4.78, 5) is 21.7. The summed E-state index contributed by atoms with van der Waals surface area (Å²) >= 11 is 0. The van der Waals surface area contributed by atoms with Crippen LogP contribution in [0.2, 0.25) is 0 Å². The third kappa shape index (κ3) is 4.41. The summed E-state index contributed by atoms with van der Waals surface area (Å²) < 4.78 is 51.8. The average Bonchev–Trinajstić information content (AvgIpc) is 2.50. The van der Waals surface area contributed by atoms with E-state index < -0.39 is 58.9 Å². The first-order chi connectivity index (χ1) is 11.1. The maximum atomic E-state index is 13.4. The minimum absolute atomic E-state index is 0.0978. The SMILES string of the molecule is O=C(/C=C(\NCCO)C(F)(F)C(F)F)c1cc([N+](=O)[O-])ccc1O. The number of aliphatic hydroxyl groups excluding tert-OH is 1. The highest BCUT2D eigenvalue weighted by atomic mass is 19.3. The molecule has 1 rings (SSSR count). The number of alkyl halides is 4. The molecule has 0 aromatic heterocycles. The standard InChI is InChI=1S/C13H12F4N2O5/c14-12(15)13(16,17)11(18-3-4-20)6-10(22)8-5-7(19(23)24)1-2-9(8)21/h1-2,5-6,12,18,20-21H,3-4H2/b11-6-. The molecule has 0 atom stereocenters. The number of nitro benzene ring substituents is 1. The third-order valence-electron chi connectivity index (χ3n) is 2.79. The van der Waals surface area contributed by atoms with E-state index in [0.717, 1.165) is 12.1 Å². The number of nitro groups is 1. The quantitative estimate of drug-likeness (QED) is 0.216. The number of ketones is 1. The molecule has 0 radical (unpaired) electrons. The van der Waals surface area contributed by atoms with Crippen molar-refractivity contribution in [3.05, 3.63) is 45.6 Å². The minimum atomic E-state index is -4.72. The van der Waals surface area contributed by atoms with Crippen molar-refractivity contribution in [1.82, 2.24) is 5.32 Å². The van der Waals surface area contributed by atoms with Crippen LogP contribution in [0.25, 0.3) is 0 Å². The molecule has 1 aromatic carbocycles. The maximum absolute atomic E-state index is 13.4. The van der Waals surface area contributed by atoms with Crippen molar-refractivity contribution in [3.63, 3.8) is 0 Å². The smallest absolute Gasteiger partial charge is 0.346 e. The molecule has 1 aromatic rings. The highest BCUT2D eigenvalue weighted by Gasteiger charge is 2.45. The fourth-order valence-corrected chi connectivity index (χ4v) is 1.62. The Balaban J connectivity index is 3.29. The Morgan fingerprint density at radius 2 is 2.04 bits per heavy atom. The van der Waals surface area contributed by atoms with E-state index in [-0.39, 0.29) is 6.08 Å². The highest BCUT2D eigenvalue weighted by Crippen LogP contribution is 2.31. The predicted molar refractivity (Wildman–Crippen MR) is 73.2 cm³/mol. The molecule has 0 aliphatic heterocycles. The first-order valence-corrected chi connectivity index (χ1v) is 6.35. The number of phenolic OH excluding ortho intramolecular Hbond substituents is 1. The van der Waals surface area contributed by atoms with Gasteiger partial charge in [-0.3, -0.25) is 14.9 Å². The van der Waals surface area contributed by atoms with Gasteiger partial charge in [-0.05, 0) is 6.07 Å². The van der Waals surface area contributed by atoms with Gasteiger partial charge in [0.25, 0.3) is 5.69 Å². The Kier molecular flexibility index (Phi) is 6.23. The molecular formula is C13H12F4N2O5. The van der Waals surface area contributed by atoms with Gasteiger partial charge in [0.15, 0.2) is 5.78 Å². The summed E-state index contributed by atoms with van der Waals surface area (Å²) in [6.45, 7) is -1.21. The van der Waals surface area contributed by atoms with Crippen LogP contribution in [0.15, 0.2) is 30.0 Å². The first-order valence-electron chi connectivity index (χ1n) is 6.35. The topological polar surface area (TPSA) is 113 Å². The molecule has 0 aliphatic rings. The second-order valence-electron chi connectivity index (χ2n) is 4.45. The highest BCUT2D eigenvalue weighted by molar-refractivity contribution is 6.07. The number of hydrogen-bond acceptors (Lipinski definition) is 6. The number of benzene rings is 1. The van der Waals surface area contributed by atoms with Gasteiger partial charge < -0.3 is 15.5 Å².